The van der Waals surface area contributed by atoms with Crippen LogP contribution in [0.2, 0.25) is 5.02 Å². The molecule has 0 bridgehead atoms. The summed E-state index contributed by atoms with van der Waals surface area (Å²) < 4.78 is 0. The SMILES string of the molecule is Cc1cc(Cl)ccc1C(N)c1cnc2ccccc2c1. The van der Waals surface area contributed by atoms with Crippen molar-refractivity contribution in [2.75, 3.05) is 0 Å². The van der Waals surface area contributed by atoms with Gasteiger partial charge in [-0.3, -0.25) is 4.98 Å². The largest absolute Gasteiger partial charge is 0.320 e. The Morgan fingerprint density at radius 1 is 1.10 bits per heavy atom. The van der Waals surface area contributed by atoms with Crippen molar-refractivity contribution in [2.24, 2.45) is 5.73 Å². The lowest BCUT2D eigenvalue weighted by Gasteiger charge is -2.15. The maximum Gasteiger partial charge on any atom is 0.0702 e. The second-order valence-corrected chi connectivity index (χ2v) is 5.38. The molecule has 20 heavy (non-hydrogen) atoms. The van der Waals surface area contributed by atoms with Gasteiger partial charge in [-0.25, -0.2) is 0 Å². The number of para-hydroxylation sites is 1. The summed E-state index contributed by atoms with van der Waals surface area (Å²) in [6, 6.07) is 15.7. The molecule has 3 heteroatoms. The number of benzene rings is 2. The van der Waals surface area contributed by atoms with Crippen molar-refractivity contribution >= 4 is 22.5 Å². The summed E-state index contributed by atoms with van der Waals surface area (Å²) in [5.74, 6) is 0. The molecule has 0 aliphatic rings. The predicted octanol–water partition coefficient (Wildman–Crippen LogP) is 4.24. The first kappa shape index (κ1) is 13.1. The van der Waals surface area contributed by atoms with Crippen LogP contribution >= 0.6 is 11.6 Å². The Morgan fingerprint density at radius 3 is 2.70 bits per heavy atom. The summed E-state index contributed by atoms with van der Waals surface area (Å²) >= 11 is 5.99. The number of rotatable bonds is 2. The van der Waals surface area contributed by atoms with Crippen LogP contribution in [0.3, 0.4) is 0 Å². The first-order chi connectivity index (χ1) is 9.65. The van der Waals surface area contributed by atoms with Gasteiger partial charge in [-0.15, -0.1) is 0 Å². The molecule has 0 fully saturated rings. The topological polar surface area (TPSA) is 38.9 Å². The molecular formula is C17H15ClN2. The smallest absolute Gasteiger partial charge is 0.0702 e. The summed E-state index contributed by atoms with van der Waals surface area (Å²) in [4.78, 5) is 4.47. The lowest BCUT2D eigenvalue weighted by Crippen LogP contribution is -2.13. The molecule has 3 rings (SSSR count). The second-order valence-electron chi connectivity index (χ2n) is 4.94. The van der Waals surface area contributed by atoms with Crippen LogP contribution < -0.4 is 5.73 Å². The number of fused-ring (bicyclic) bond motifs is 1. The highest BCUT2D eigenvalue weighted by Gasteiger charge is 2.12. The van der Waals surface area contributed by atoms with E-state index in [1.54, 1.807) is 0 Å². The van der Waals surface area contributed by atoms with Crippen LogP contribution in [-0.2, 0) is 0 Å². The van der Waals surface area contributed by atoms with Crippen LogP contribution in [0.4, 0.5) is 0 Å². The molecule has 1 atom stereocenters. The minimum Gasteiger partial charge on any atom is -0.320 e. The van der Waals surface area contributed by atoms with Gasteiger partial charge in [0.2, 0.25) is 0 Å². The van der Waals surface area contributed by atoms with E-state index in [1.807, 2.05) is 55.6 Å². The fourth-order valence-electron chi connectivity index (χ4n) is 2.43. The number of nitrogens with two attached hydrogens (primary N) is 1. The Kier molecular flexibility index (Phi) is 3.43. The number of aryl methyl sites for hydroxylation is 1. The number of pyridine rings is 1. The highest BCUT2D eigenvalue weighted by Crippen LogP contribution is 2.26. The lowest BCUT2D eigenvalue weighted by molar-refractivity contribution is 0.857. The maximum absolute atomic E-state index is 6.38. The van der Waals surface area contributed by atoms with Gasteiger partial charge in [0.25, 0.3) is 0 Å². The Bertz CT molecular complexity index is 768. The minimum absolute atomic E-state index is 0.190. The van der Waals surface area contributed by atoms with Gasteiger partial charge in [-0.05, 0) is 47.9 Å². The quantitative estimate of drug-likeness (QED) is 0.763. The molecule has 0 aliphatic carbocycles. The standard InChI is InChI=1S/C17H15ClN2/c1-11-8-14(18)6-7-15(11)17(19)13-9-12-4-2-3-5-16(12)20-10-13/h2-10,17H,19H2,1H3. The zero-order valence-corrected chi connectivity index (χ0v) is 11.9. The molecule has 0 radical (unpaired) electrons. The zero-order valence-electron chi connectivity index (χ0n) is 11.2. The average molecular weight is 283 g/mol. The third kappa shape index (κ3) is 2.40. The first-order valence-corrected chi connectivity index (χ1v) is 6.89. The summed E-state index contributed by atoms with van der Waals surface area (Å²) in [7, 11) is 0. The summed E-state index contributed by atoms with van der Waals surface area (Å²) in [5.41, 5.74) is 10.5. The highest BCUT2D eigenvalue weighted by molar-refractivity contribution is 6.30. The van der Waals surface area contributed by atoms with E-state index < -0.39 is 0 Å². The van der Waals surface area contributed by atoms with Crippen molar-refractivity contribution in [1.29, 1.82) is 0 Å². The monoisotopic (exact) mass is 282 g/mol. The highest BCUT2D eigenvalue weighted by atomic mass is 35.5. The molecule has 0 saturated carbocycles. The van der Waals surface area contributed by atoms with Gasteiger partial charge in [-0.1, -0.05) is 35.9 Å². The Hall–Kier alpha value is -1.90. The zero-order chi connectivity index (χ0) is 14.1. The van der Waals surface area contributed by atoms with Crippen molar-refractivity contribution in [3.8, 4) is 0 Å². The molecule has 1 unspecified atom stereocenters. The Balaban J connectivity index is 2.05. The van der Waals surface area contributed by atoms with E-state index in [9.17, 15) is 0 Å². The third-order valence-corrected chi connectivity index (χ3v) is 3.77. The Morgan fingerprint density at radius 2 is 1.90 bits per heavy atom. The maximum atomic E-state index is 6.38. The van der Waals surface area contributed by atoms with Gasteiger partial charge < -0.3 is 5.73 Å². The van der Waals surface area contributed by atoms with Gasteiger partial charge in [0.15, 0.2) is 0 Å². The molecule has 0 saturated heterocycles. The molecule has 0 amide bonds. The summed E-state index contributed by atoms with van der Waals surface area (Å²) in [5, 5.41) is 1.84. The van der Waals surface area contributed by atoms with Crippen molar-refractivity contribution in [3.05, 3.63) is 76.4 Å². The third-order valence-electron chi connectivity index (χ3n) is 3.54. The predicted molar refractivity (Wildman–Crippen MR) is 84.0 cm³/mol. The van der Waals surface area contributed by atoms with Crippen LogP contribution in [-0.4, -0.2) is 4.98 Å². The van der Waals surface area contributed by atoms with Gasteiger partial charge in [0.1, 0.15) is 0 Å². The molecule has 2 nitrogen and oxygen atoms in total. The molecule has 1 aromatic heterocycles. The van der Waals surface area contributed by atoms with Crippen molar-refractivity contribution < 1.29 is 0 Å². The van der Waals surface area contributed by atoms with Crippen LogP contribution in [0.15, 0.2) is 54.7 Å². The average Bonchev–Trinajstić information content (AvgIpc) is 2.46. The van der Waals surface area contributed by atoms with Gasteiger partial charge >= 0.3 is 0 Å². The summed E-state index contributed by atoms with van der Waals surface area (Å²) in [6.45, 7) is 2.02. The van der Waals surface area contributed by atoms with E-state index in [1.165, 1.54) is 0 Å². The first-order valence-electron chi connectivity index (χ1n) is 6.51. The number of aromatic nitrogens is 1. The van der Waals surface area contributed by atoms with E-state index in [2.05, 4.69) is 11.1 Å². The number of halogens is 1. The Labute approximate surface area is 123 Å². The molecule has 1 heterocycles. The lowest BCUT2D eigenvalue weighted by atomic mass is 9.96. The van der Waals surface area contributed by atoms with Crippen molar-refractivity contribution in [2.45, 2.75) is 13.0 Å². The van der Waals surface area contributed by atoms with E-state index in [0.717, 1.165) is 32.6 Å². The van der Waals surface area contributed by atoms with Gasteiger partial charge in [0, 0.05) is 16.6 Å². The van der Waals surface area contributed by atoms with E-state index >= 15 is 0 Å². The van der Waals surface area contributed by atoms with E-state index in [4.69, 9.17) is 17.3 Å². The molecule has 0 aliphatic heterocycles. The van der Waals surface area contributed by atoms with Crippen LogP contribution in [0.5, 0.6) is 0 Å². The molecular weight excluding hydrogens is 268 g/mol. The molecule has 2 N–H and O–H groups in total. The van der Waals surface area contributed by atoms with E-state index in [-0.39, 0.29) is 6.04 Å². The number of hydrogen-bond donors (Lipinski definition) is 1. The van der Waals surface area contributed by atoms with Crippen LogP contribution in [0, 0.1) is 6.92 Å². The minimum atomic E-state index is -0.190. The number of nitrogens with zero attached hydrogens (tertiary/aromatic N) is 1. The van der Waals surface area contributed by atoms with Crippen LogP contribution in [0.25, 0.3) is 10.9 Å². The van der Waals surface area contributed by atoms with Crippen molar-refractivity contribution in [3.63, 3.8) is 0 Å². The normalized spacial score (nSPS) is 12.6. The van der Waals surface area contributed by atoms with Gasteiger partial charge in [0.05, 0.1) is 11.6 Å². The van der Waals surface area contributed by atoms with Crippen LogP contribution in [0.1, 0.15) is 22.7 Å². The molecule has 0 spiro atoms. The van der Waals surface area contributed by atoms with E-state index in [0.29, 0.717) is 0 Å². The molecule has 3 aromatic rings. The summed E-state index contributed by atoms with van der Waals surface area (Å²) in [6.07, 6.45) is 1.85. The molecule has 100 valence electrons. The van der Waals surface area contributed by atoms with Crippen molar-refractivity contribution in [1.82, 2.24) is 4.98 Å². The number of hydrogen-bond acceptors (Lipinski definition) is 2. The molecule has 2 aromatic carbocycles. The second kappa shape index (κ2) is 5.23. The fraction of sp³-hybridized carbons (Fsp3) is 0.118. The van der Waals surface area contributed by atoms with Gasteiger partial charge in [-0.2, -0.15) is 0 Å². The fourth-order valence-corrected chi connectivity index (χ4v) is 2.65.